The van der Waals surface area contributed by atoms with Crippen molar-refractivity contribution in [3.05, 3.63) is 34.3 Å². The number of ether oxygens (including phenoxy) is 1. The zero-order valence-electron chi connectivity index (χ0n) is 14.3. The van der Waals surface area contributed by atoms with E-state index in [1.165, 1.54) is 12.8 Å². The number of benzene rings is 1. The Morgan fingerprint density at radius 3 is 2.96 bits per heavy atom. The molecule has 0 aromatic heterocycles. The van der Waals surface area contributed by atoms with Crippen molar-refractivity contribution >= 4 is 21.8 Å². The number of hydrogen-bond acceptors (Lipinski definition) is 3. The van der Waals surface area contributed by atoms with Crippen LogP contribution in [0.1, 0.15) is 37.9 Å². The van der Waals surface area contributed by atoms with Crippen LogP contribution in [0.3, 0.4) is 0 Å². The third kappa shape index (κ3) is 4.58. The van der Waals surface area contributed by atoms with Gasteiger partial charge < -0.3 is 15.0 Å². The molecule has 2 fully saturated rings. The number of morpholine rings is 1. The SMILES string of the molecule is CC(CC(=O)N1CCOC(c2cccc(Br)c2)C1)C1CCNCC1. The van der Waals surface area contributed by atoms with Crippen LogP contribution < -0.4 is 5.32 Å². The third-order valence-corrected chi connectivity index (χ3v) is 5.82. The Bertz CT molecular complexity index is 560. The fourth-order valence-electron chi connectivity index (χ4n) is 3.77. The van der Waals surface area contributed by atoms with E-state index < -0.39 is 0 Å². The van der Waals surface area contributed by atoms with Gasteiger partial charge in [0.1, 0.15) is 6.10 Å². The van der Waals surface area contributed by atoms with Crippen molar-refractivity contribution < 1.29 is 9.53 Å². The number of hydrogen-bond donors (Lipinski definition) is 1. The van der Waals surface area contributed by atoms with Gasteiger partial charge in [-0.05, 0) is 55.5 Å². The molecule has 0 saturated carbocycles. The van der Waals surface area contributed by atoms with Gasteiger partial charge >= 0.3 is 0 Å². The summed E-state index contributed by atoms with van der Waals surface area (Å²) in [6.45, 7) is 6.40. The maximum absolute atomic E-state index is 12.7. The summed E-state index contributed by atoms with van der Waals surface area (Å²) in [6, 6.07) is 8.18. The summed E-state index contributed by atoms with van der Waals surface area (Å²) in [7, 11) is 0. The van der Waals surface area contributed by atoms with Crippen molar-refractivity contribution in [3.63, 3.8) is 0 Å². The molecule has 24 heavy (non-hydrogen) atoms. The molecule has 1 N–H and O–H groups in total. The van der Waals surface area contributed by atoms with Crippen LogP contribution in [0.15, 0.2) is 28.7 Å². The van der Waals surface area contributed by atoms with Crippen molar-refractivity contribution in [2.45, 2.75) is 32.3 Å². The molecule has 1 aromatic rings. The minimum atomic E-state index is -0.0191. The van der Waals surface area contributed by atoms with Gasteiger partial charge in [-0.15, -0.1) is 0 Å². The predicted molar refractivity (Wildman–Crippen MR) is 98.8 cm³/mol. The quantitative estimate of drug-likeness (QED) is 0.850. The van der Waals surface area contributed by atoms with Crippen LogP contribution >= 0.6 is 15.9 Å². The maximum atomic E-state index is 12.7. The second-order valence-corrected chi connectivity index (χ2v) is 7.94. The zero-order valence-corrected chi connectivity index (χ0v) is 15.9. The number of nitrogens with one attached hydrogen (secondary N) is 1. The summed E-state index contributed by atoms with van der Waals surface area (Å²) in [5.41, 5.74) is 1.13. The Kier molecular flexibility index (Phi) is 6.31. The highest BCUT2D eigenvalue weighted by Crippen LogP contribution is 2.28. The first-order chi connectivity index (χ1) is 11.6. The Morgan fingerprint density at radius 2 is 2.21 bits per heavy atom. The predicted octanol–water partition coefficient (Wildman–Crippen LogP) is 3.37. The standard InChI is InChI=1S/C19H27BrN2O2/c1-14(15-5-7-21-8-6-15)11-19(23)22-9-10-24-18(13-22)16-3-2-4-17(20)12-16/h2-4,12,14-15,18,21H,5-11,13H2,1H3. The van der Waals surface area contributed by atoms with Crippen LogP contribution in [0.4, 0.5) is 0 Å². The van der Waals surface area contributed by atoms with Crippen LogP contribution in [0.5, 0.6) is 0 Å². The number of halogens is 1. The number of carbonyl (C=O) groups excluding carboxylic acids is 1. The van der Waals surface area contributed by atoms with Gasteiger partial charge in [0.2, 0.25) is 5.91 Å². The fourth-order valence-corrected chi connectivity index (χ4v) is 4.19. The molecule has 1 amide bonds. The van der Waals surface area contributed by atoms with E-state index in [1.54, 1.807) is 0 Å². The Morgan fingerprint density at radius 1 is 1.42 bits per heavy atom. The molecule has 0 aliphatic carbocycles. The highest BCUT2D eigenvalue weighted by molar-refractivity contribution is 9.10. The van der Waals surface area contributed by atoms with Gasteiger partial charge in [-0.3, -0.25) is 4.79 Å². The lowest BCUT2D eigenvalue weighted by atomic mass is 9.84. The highest BCUT2D eigenvalue weighted by Gasteiger charge is 2.28. The molecule has 2 aliphatic rings. The molecular formula is C19H27BrN2O2. The first-order valence-electron chi connectivity index (χ1n) is 8.99. The molecule has 0 radical (unpaired) electrons. The van der Waals surface area contributed by atoms with Crippen LogP contribution in [-0.4, -0.2) is 43.6 Å². The van der Waals surface area contributed by atoms with Gasteiger partial charge in [-0.1, -0.05) is 35.0 Å². The van der Waals surface area contributed by atoms with E-state index in [1.807, 2.05) is 17.0 Å². The van der Waals surface area contributed by atoms with Gasteiger partial charge in [-0.2, -0.15) is 0 Å². The highest BCUT2D eigenvalue weighted by atomic mass is 79.9. The van der Waals surface area contributed by atoms with Crippen LogP contribution in [-0.2, 0) is 9.53 Å². The molecule has 0 bridgehead atoms. The normalized spacial score (nSPS) is 23.9. The van der Waals surface area contributed by atoms with E-state index in [4.69, 9.17) is 4.74 Å². The van der Waals surface area contributed by atoms with E-state index in [2.05, 4.69) is 40.3 Å². The van der Waals surface area contributed by atoms with Gasteiger partial charge in [-0.25, -0.2) is 0 Å². The third-order valence-electron chi connectivity index (χ3n) is 5.32. The minimum absolute atomic E-state index is 0.0191. The first-order valence-corrected chi connectivity index (χ1v) is 9.78. The summed E-state index contributed by atoms with van der Waals surface area (Å²) in [5.74, 6) is 1.42. The molecular weight excluding hydrogens is 368 g/mol. The summed E-state index contributed by atoms with van der Waals surface area (Å²) in [6.07, 6.45) is 3.03. The number of carbonyl (C=O) groups is 1. The minimum Gasteiger partial charge on any atom is -0.370 e. The summed E-state index contributed by atoms with van der Waals surface area (Å²) in [5, 5.41) is 3.40. The van der Waals surface area contributed by atoms with Crippen LogP contribution in [0, 0.1) is 11.8 Å². The number of nitrogens with zero attached hydrogens (tertiary/aromatic N) is 1. The molecule has 2 atom stereocenters. The monoisotopic (exact) mass is 394 g/mol. The van der Waals surface area contributed by atoms with Gasteiger partial charge in [0.15, 0.2) is 0 Å². The topological polar surface area (TPSA) is 41.6 Å². The molecule has 2 heterocycles. The van der Waals surface area contributed by atoms with E-state index in [0.717, 1.165) is 23.1 Å². The molecule has 2 aliphatic heterocycles. The maximum Gasteiger partial charge on any atom is 0.223 e. The molecule has 3 rings (SSSR count). The smallest absolute Gasteiger partial charge is 0.223 e. The van der Waals surface area contributed by atoms with Crippen molar-refractivity contribution in [2.24, 2.45) is 11.8 Å². The van der Waals surface area contributed by atoms with E-state index in [-0.39, 0.29) is 12.0 Å². The van der Waals surface area contributed by atoms with Gasteiger partial charge in [0.05, 0.1) is 13.2 Å². The Balaban J connectivity index is 1.56. The van der Waals surface area contributed by atoms with Gasteiger partial charge in [0, 0.05) is 17.4 Å². The van der Waals surface area contributed by atoms with Crippen LogP contribution in [0.2, 0.25) is 0 Å². The molecule has 132 valence electrons. The van der Waals surface area contributed by atoms with Crippen molar-refractivity contribution in [1.29, 1.82) is 0 Å². The van der Waals surface area contributed by atoms with E-state index in [0.29, 0.717) is 38.0 Å². The van der Waals surface area contributed by atoms with Gasteiger partial charge in [0.25, 0.3) is 0 Å². The molecule has 1 aromatic carbocycles. The van der Waals surface area contributed by atoms with Crippen LogP contribution in [0.25, 0.3) is 0 Å². The zero-order chi connectivity index (χ0) is 16.9. The average Bonchev–Trinajstić information content (AvgIpc) is 2.62. The Hall–Kier alpha value is -0.910. The lowest BCUT2D eigenvalue weighted by Gasteiger charge is -2.35. The largest absolute Gasteiger partial charge is 0.370 e. The number of rotatable bonds is 4. The molecule has 2 unspecified atom stereocenters. The van der Waals surface area contributed by atoms with Crippen molar-refractivity contribution in [3.8, 4) is 0 Å². The number of amides is 1. The molecule has 5 heteroatoms. The van der Waals surface area contributed by atoms with Crippen molar-refractivity contribution in [2.75, 3.05) is 32.8 Å². The molecule has 2 saturated heterocycles. The summed E-state index contributed by atoms with van der Waals surface area (Å²) >= 11 is 3.51. The molecule has 0 spiro atoms. The Labute approximate surface area is 153 Å². The summed E-state index contributed by atoms with van der Waals surface area (Å²) < 4.78 is 6.95. The second kappa shape index (κ2) is 8.45. The molecule has 4 nitrogen and oxygen atoms in total. The first kappa shape index (κ1) is 17.9. The lowest BCUT2D eigenvalue weighted by molar-refractivity contribution is -0.140. The second-order valence-electron chi connectivity index (χ2n) is 7.02. The fraction of sp³-hybridized carbons (Fsp3) is 0.632. The van der Waals surface area contributed by atoms with E-state index in [9.17, 15) is 4.79 Å². The lowest BCUT2D eigenvalue weighted by Crippen LogP contribution is -2.43. The number of piperidine rings is 1. The van der Waals surface area contributed by atoms with E-state index >= 15 is 0 Å². The van der Waals surface area contributed by atoms with Crippen molar-refractivity contribution in [1.82, 2.24) is 10.2 Å². The summed E-state index contributed by atoms with van der Waals surface area (Å²) in [4.78, 5) is 14.7. The average molecular weight is 395 g/mol.